The Bertz CT molecular complexity index is 197. The zero-order valence-electron chi connectivity index (χ0n) is 8.21. The molecule has 1 aliphatic carbocycles. The van der Waals surface area contributed by atoms with Crippen LogP contribution in [0.5, 0.6) is 0 Å². The molecule has 1 heterocycles. The van der Waals surface area contributed by atoms with Crippen molar-refractivity contribution in [1.82, 2.24) is 4.90 Å². The normalized spacial score (nSPS) is 26.7. The van der Waals surface area contributed by atoms with Crippen molar-refractivity contribution >= 4 is 0 Å². The molecule has 1 saturated heterocycles. The molecule has 2 fully saturated rings. The van der Waals surface area contributed by atoms with Crippen molar-refractivity contribution in [1.29, 1.82) is 5.26 Å². The van der Waals surface area contributed by atoms with Crippen LogP contribution in [-0.4, -0.2) is 24.5 Å². The van der Waals surface area contributed by atoms with Gasteiger partial charge < -0.3 is 4.90 Å². The van der Waals surface area contributed by atoms with Crippen molar-refractivity contribution in [3.05, 3.63) is 0 Å². The molecule has 1 atom stereocenters. The molecule has 13 heavy (non-hydrogen) atoms. The predicted molar refractivity (Wildman–Crippen MR) is 52.1 cm³/mol. The third kappa shape index (κ3) is 2.03. The third-order valence-corrected chi connectivity index (χ3v) is 3.54. The molecule has 2 rings (SSSR count). The zero-order valence-corrected chi connectivity index (χ0v) is 8.21. The molecule has 0 aromatic rings. The lowest BCUT2D eigenvalue weighted by Crippen LogP contribution is -2.32. The molecule has 2 heteroatoms. The molecule has 0 bridgehead atoms. The van der Waals surface area contributed by atoms with Crippen molar-refractivity contribution in [2.75, 3.05) is 19.6 Å². The SMILES string of the molecule is N#CC(CN1CCCC1)C1CCC1. The Hall–Kier alpha value is -0.550. The largest absolute Gasteiger partial charge is 0.302 e. The number of hydrogen-bond donors (Lipinski definition) is 0. The van der Waals surface area contributed by atoms with Crippen molar-refractivity contribution in [3.63, 3.8) is 0 Å². The molecule has 1 saturated carbocycles. The van der Waals surface area contributed by atoms with Crippen LogP contribution in [-0.2, 0) is 0 Å². The molecule has 72 valence electrons. The average molecular weight is 178 g/mol. The number of likely N-dealkylation sites (tertiary alicyclic amines) is 1. The maximum atomic E-state index is 9.05. The van der Waals surface area contributed by atoms with Gasteiger partial charge in [-0.1, -0.05) is 6.42 Å². The molecule has 1 unspecified atom stereocenters. The van der Waals surface area contributed by atoms with Gasteiger partial charge in [-0.05, 0) is 44.7 Å². The molecular formula is C11H18N2. The Labute approximate surface area is 80.5 Å². The van der Waals surface area contributed by atoms with Gasteiger partial charge in [0.25, 0.3) is 0 Å². The van der Waals surface area contributed by atoms with Crippen LogP contribution in [0.15, 0.2) is 0 Å². The highest BCUT2D eigenvalue weighted by atomic mass is 15.1. The lowest BCUT2D eigenvalue weighted by Gasteiger charge is -2.31. The Kier molecular flexibility index (Phi) is 2.85. The molecule has 0 amide bonds. The van der Waals surface area contributed by atoms with Crippen LogP contribution in [0.4, 0.5) is 0 Å². The molecule has 2 aliphatic rings. The second-order valence-corrected chi connectivity index (χ2v) is 4.43. The Morgan fingerprint density at radius 2 is 1.92 bits per heavy atom. The minimum atomic E-state index is 0.326. The van der Waals surface area contributed by atoms with Gasteiger partial charge in [-0.2, -0.15) is 5.26 Å². The van der Waals surface area contributed by atoms with Gasteiger partial charge in [-0.3, -0.25) is 0 Å². The number of nitriles is 1. The fourth-order valence-electron chi connectivity index (χ4n) is 2.38. The first kappa shape index (κ1) is 9.02. The molecule has 0 spiro atoms. The smallest absolute Gasteiger partial charge is 0.0672 e. The summed E-state index contributed by atoms with van der Waals surface area (Å²) in [5.41, 5.74) is 0. The summed E-state index contributed by atoms with van der Waals surface area (Å²) in [5, 5.41) is 9.05. The van der Waals surface area contributed by atoms with E-state index in [0.29, 0.717) is 5.92 Å². The quantitative estimate of drug-likeness (QED) is 0.661. The van der Waals surface area contributed by atoms with Gasteiger partial charge in [-0.25, -0.2) is 0 Å². The molecule has 0 aromatic carbocycles. The van der Waals surface area contributed by atoms with Crippen molar-refractivity contribution < 1.29 is 0 Å². The van der Waals surface area contributed by atoms with Crippen LogP contribution in [0.25, 0.3) is 0 Å². The maximum Gasteiger partial charge on any atom is 0.0672 e. The van der Waals surface area contributed by atoms with Gasteiger partial charge >= 0.3 is 0 Å². The van der Waals surface area contributed by atoms with E-state index in [1.165, 1.54) is 45.2 Å². The summed E-state index contributed by atoms with van der Waals surface area (Å²) < 4.78 is 0. The van der Waals surface area contributed by atoms with E-state index in [1.54, 1.807) is 0 Å². The second-order valence-electron chi connectivity index (χ2n) is 4.43. The number of nitrogens with zero attached hydrogens (tertiary/aromatic N) is 2. The first-order chi connectivity index (χ1) is 6.40. The molecule has 0 aromatic heterocycles. The van der Waals surface area contributed by atoms with E-state index in [2.05, 4.69) is 11.0 Å². The molecular weight excluding hydrogens is 160 g/mol. The van der Waals surface area contributed by atoms with Crippen LogP contribution in [0.3, 0.4) is 0 Å². The summed E-state index contributed by atoms with van der Waals surface area (Å²) in [6.45, 7) is 3.50. The zero-order chi connectivity index (χ0) is 9.10. The van der Waals surface area contributed by atoms with Gasteiger partial charge in [0.1, 0.15) is 0 Å². The Balaban J connectivity index is 1.79. The van der Waals surface area contributed by atoms with Crippen LogP contribution in [0.2, 0.25) is 0 Å². The Morgan fingerprint density at radius 3 is 2.38 bits per heavy atom. The summed E-state index contributed by atoms with van der Waals surface area (Å²) in [6.07, 6.45) is 6.62. The minimum absolute atomic E-state index is 0.326. The van der Waals surface area contributed by atoms with Crippen LogP contribution < -0.4 is 0 Å². The van der Waals surface area contributed by atoms with E-state index in [9.17, 15) is 0 Å². The average Bonchev–Trinajstić information content (AvgIpc) is 2.52. The highest BCUT2D eigenvalue weighted by Gasteiger charge is 2.29. The van der Waals surface area contributed by atoms with Gasteiger partial charge in [-0.15, -0.1) is 0 Å². The predicted octanol–water partition coefficient (Wildman–Crippen LogP) is 2.02. The summed E-state index contributed by atoms with van der Waals surface area (Å²) in [6, 6.07) is 2.49. The fraction of sp³-hybridized carbons (Fsp3) is 0.909. The highest BCUT2D eigenvalue weighted by molar-refractivity contribution is 4.94. The minimum Gasteiger partial charge on any atom is -0.302 e. The van der Waals surface area contributed by atoms with Gasteiger partial charge in [0.05, 0.1) is 12.0 Å². The van der Waals surface area contributed by atoms with Crippen molar-refractivity contribution in [3.8, 4) is 6.07 Å². The second kappa shape index (κ2) is 4.11. The summed E-state index contributed by atoms with van der Waals surface area (Å²) in [7, 11) is 0. The monoisotopic (exact) mass is 178 g/mol. The van der Waals surface area contributed by atoms with Crippen molar-refractivity contribution in [2.45, 2.75) is 32.1 Å². The highest BCUT2D eigenvalue weighted by Crippen LogP contribution is 2.33. The molecule has 0 N–H and O–H groups in total. The van der Waals surface area contributed by atoms with Crippen LogP contribution in [0, 0.1) is 23.2 Å². The molecule has 1 aliphatic heterocycles. The number of rotatable bonds is 3. The van der Waals surface area contributed by atoms with E-state index in [4.69, 9.17) is 5.26 Å². The Morgan fingerprint density at radius 1 is 1.23 bits per heavy atom. The first-order valence-corrected chi connectivity index (χ1v) is 5.52. The lowest BCUT2D eigenvalue weighted by molar-refractivity contribution is 0.191. The lowest BCUT2D eigenvalue weighted by atomic mass is 9.76. The summed E-state index contributed by atoms with van der Waals surface area (Å²) in [5.74, 6) is 1.05. The van der Waals surface area contributed by atoms with Gasteiger partial charge in [0, 0.05) is 6.54 Å². The maximum absolute atomic E-state index is 9.05. The summed E-state index contributed by atoms with van der Waals surface area (Å²) in [4.78, 5) is 2.46. The van der Waals surface area contributed by atoms with E-state index in [-0.39, 0.29) is 0 Å². The van der Waals surface area contributed by atoms with Gasteiger partial charge in [0.15, 0.2) is 0 Å². The molecule has 0 radical (unpaired) electrons. The van der Waals surface area contributed by atoms with Crippen LogP contribution in [0.1, 0.15) is 32.1 Å². The number of hydrogen-bond acceptors (Lipinski definition) is 2. The van der Waals surface area contributed by atoms with E-state index >= 15 is 0 Å². The molecule has 2 nitrogen and oxygen atoms in total. The summed E-state index contributed by atoms with van der Waals surface area (Å²) >= 11 is 0. The van der Waals surface area contributed by atoms with E-state index in [0.717, 1.165) is 12.5 Å². The topological polar surface area (TPSA) is 27.0 Å². The third-order valence-electron chi connectivity index (χ3n) is 3.54. The standard InChI is InChI=1S/C11H18N2/c12-8-11(10-4-3-5-10)9-13-6-1-2-7-13/h10-11H,1-7,9H2. The van der Waals surface area contributed by atoms with E-state index < -0.39 is 0 Å². The van der Waals surface area contributed by atoms with Crippen LogP contribution >= 0.6 is 0 Å². The van der Waals surface area contributed by atoms with Crippen molar-refractivity contribution in [2.24, 2.45) is 11.8 Å². The fourth-order valence-corrected chi connectivity index (χ4v) is 2.38. The van der Waals surface area contributed by atoms with E-state index in [1.807, 2.05) is 0 Å². The van der Waals surface area contributed by atoms with Gasteiger partial charge in [0.2, 0.25) is 0 Å². The first-order valence-electron chi connectivity index (χ1n) is 5.52.